The molecule has 7 nitrogen and oxygen atoms in total. The summed E-state index contributed by atoms with van der Waals surface area (Å²) in [7, 11) is 0. The standard InChI is InChI=1S/C14H26N2O5/c1-9-3-4-10(2)14(9,21-8-11(15)6-17)16-12(7-18)5-13(19)20/h7,9-12,16-17H,3-6,8,15H2,1-2H3,(H,19,20)/t9?,10?,11?,12-,14?/m0/s1. The van der Waals surface area contributed by atoms with Crippen LogP contribution in [0.2, 0.25) is 0 Å². The van der Waals surface area contributed by atoms with Gasteiger partial charge < -0.3 is 25.5 Å². The molecule has 0 saturated heterocycles. The lowest BCUT2D eigenvalue weighted by Gasteiger charge is -2.41. The van der Waals surface area contributed by atoms with Crippen LogP contribution in [0.4, 0.5) is 0 Å². The van der Waals surface area contributed by atoms with Gasteiger partial charge in [-0.15, -0.1) is 0 Å². The molecule has 0 heterocycles. The first-order valence-electron chi connectivity index (χ1n) is 7.30. The Balaban J connectivity index is 2.86. The number of rotatable bonds is 9. The van der Waals surface area contributed by atoms with E-state index in [4.69, 9.17) is 20.7 Å². The molecule has 1 fully saturated rings. The second kappa shape index (κ2) is 7.84. The highest BCUT2D eigenvalue weighted by Gasteiger charge is 2.48. The Morgan fingerprint density at radius 3 is 2.48 bits per heavy atom. The maximum absolute atomic E-state index is 11.1. The second-order valence-electron chi connectivity index (χ2n) is 5.91. The van der Waals surface area contributed by atoms with Gasteiger partial charge in [0.15, 0.2) is 0 Å². The number of carbonyl (C=O) groups is 2. The molecule has 3 unspecified atom stereocenters. The third kappa shape index (κ3) is 4.47. The highest BCUT2D eigenvalue weighted by molar-refractivity contribution is 5.73. The zero-order valence-corrected chi connectivity index (χ0v) is 12.6. The molecule has 1 saturated carbocycles. The van der Waals surface area contributed by atoms with E-state index < -0.39 is 23.8 Å². The van der Waals surface area contributed by atoms with Crippen LogP contribution in [0.3, 0.4) is 0 Å². The molecule has 122 valence electrons. The number of aliphatic hydroxyl groups is 1. The van der Waals surface area contributed by atoms with Gasteiger partial charge in [-0.2, -0.15) is 0 Å². The Kier molecular flexibility index (Phi) is 6.73. The Hall–Kier alpha value is -1.02. The molecular weight excluding hydrogens is 276 g/mol. The fraction of sp³-hybridized carbons (Fsp3) is 0.857. The van der Waals surface area contributed by atoms with Crippen molar-refractivity contribution in [2.75, 3.05) is 13.2 Å². The first-order chi connectivity index (χ1) is 9.85. The average Bonchev–Trinajstić information content (AvgIpc) is 2.72. The van der Waals surface area contributed by atoms with E-state index in [0.29, 0.717) is 6.29 Å². The van der Waals surface area contributed by atoms with E-state index in [-0.39, 0.29) is 31.5 Å². The number of ether oxygens (including phenoxy) is 1. The number of nitrogens with two attached hydrogens (primary N) is 1. The zero-order chi connectivity index (χ0) is 16.0. The van der Waals surface area contributed by atoms with Crippen molar-refractivity contribution in [3.8, 4) is 0 Å². The van der Waals surface area contributed by atoms with Gasteiger partial charge in [0, 0.05) is 0 Å². The van der Waals surface area contributed by atoms with Gasteiger partial charge in [-0.3, -0.25) is 10.1 Å². The predicted octanol–water partition coefficient (Wildman–Crippen LogP) is -0.283. The van der Waals surface area contributed by atoms with Crippen molar-refractivity contribution in [2.24, 2.45) is 17.6 Å². The smallest absolute Gasteiger partial charge is 0.305 e. The van der Waals surface area contributed by atoms with Gasteiger partial charge in [-0.05, 0) is 24.7 Å². The highest BCUT2D eigenvalue weighted by atomic mass is 16.5. The summed E-state index contributed by atoms with van der Waals surface area (Å²) in [6.45, 7) is 3.97. The van der Waals surface area contributed by atoms with Gasteiger partial charge in [0.25, 0.3) is 0 Å². The van der Waals surface area contributed by atoms with Crippen molar-refractivity contribution in [3.63, 3.8) is 0 Å². The summed E-state index contributed by atoms with van der Waals surface area (Å²) in [4.78, 5) is 22.0. The lowest BCUT2D eigenvalue weighted by atomic mass is 9.93. The SMILES string of the molecule is CC1CCC(C)C1(N[C@H](C=O)CC(=O)O)OCC(N)CO. The molecule has 0 aliphatic heterocycles. The number of hydrogen-bond donors (Lipinski definition) is 4. The molecule has 1 aliphatic carbocycles. The van der Waals surface area contributed by atoms with E-state index in [0.717, 1.165) is 12.8 Å². The van der Waals surface area contributed by atoms with E-state index >= 15 is 0 Å². The zero-order valence-electron chi connectivity index (χ0n) is 12.6. The minimum Gasteiger partial charge on any atom is -0.481 e. The average molecular weight is 302 g/mol. The molecular formula is C14H26N2O5. The topological polar surface area (TPSA) is 122 Å². The first kappa shape index (κ1) is 18.0. The van der Waals surface area contributed by atoms with Crippen LogP contribution in [0.25, 0.3) is 0 Å². The Morgan fingerprint density at radius 1 is 1.48 bits per heavy atom. The molecule has 0 aromatic rings. The molecule has 21 heavy (non-hydrogen) atoms. The van der Waals surface area contributed by atoms with Crippen molar-refractivity contribution >= 4 is 12.3 Å². The first-order valence-corrected chi connectivity index (χ1v) is 7.30. The lowest BCUT2D eigenvalue weighted by molar-refractivity contribution is -0.146. The summed E-state index contributed by atoms with van der Waals surface area (Å²) < 4.78 is 5.93. The molecule has 0 bridgehead atoms. The normalized spacial score (nSPS) is 31.8. The Bertz CT molecular complexity index is 353. The molecule has 0 radical (unpaired) electrons. The number of aliphatic carboxylic acids is 1. The summed E-state index contributed by atoms with van der Waals surface area (Å²) >= 11 is 0. The van der Waals surface area contributed by atoms with Gasteiger partial charge in [0.2, 0.25) is 0 Å². The molecule has 0 amide bonds. The van der Waals surface area contributed by atoms with Crippen molar-refractivity contribution < 1.29 is 24.5 Å². The summed E-state index contributed by atoms with van der Waals surface area (Å²) in [5.74, 6) is -0.801. The summed E-state index contributed by atoms with van der Waals surface area (Å²) in [5.41, 5.74) is 4.89. The third-order valence-corrected chi connectivity index (χ3v) is 4.24. The molecule has 4 atom stereocenters. The Morgan fingerprint density at radius 2 is 2.05 bits per heavy atom. The van der Waals surface area contributed by atoms with Crippen LogP contribution in [0.15, 0.2) is 0 Å². The van der Waals surface area contributed by atoms with Crippen molar-refractivity contribution in [1.29, 1.82) is 0 Å². The van der Waals surface area contributed by atoms with Crippen molar-refractivity contribution in [1.82, 2.24) is 5.32 Å². The summed E-state index contributed by atoms with van der Waals surface area (Å²) in [5, 5.41) is 21.0. The summed E-state index contributed by atoms with van der Waals surface area (Å²) in [6, 6.07) is -1.31. The van der Waals surface area contributed by atoms with Crippen LogP contribution in [0.5, 0.6) is 0 Å². The van der Waals surface area contributed by atoms with Crippen molar-refractivity contribution in [3.05, 3.63) is 0 Å². The van der Waals surface area contributed by atoms with Crippen LogP contribution >= 0.6 is 0 Å². The molecule has 5 N–H and O–H groups in total. The van der Waals surface area contributed by atoms with Gasteiger partial charge >= 0.3 is 5.97 Å². The maximum atomic E-state index is 11.1. The molecule has 1 rings (SSSR count). The number of aliphatic hydroxyl groups excluding tert-OH is 1. The van der Waals surface area contributed by atoms with E-state index in [1.807, 2.05) is 13.8 Å². The minimum atomic E-state index is -1.04. The largest absolute Gasteiger partial charge is 0.481 e. The second-order valence-corrected chi connectivity index (χ2v) is 5.91. The molecule has 1 aliphatic rings. The van der Waals surface area contributed by atoms with Crippen LogP contribution < -0.4 is 11.1 Å². The quantitative estimate of drug-likeness (QED) is 0.341. The predicted molar refractivity (Wildman–Crippen MR) is 76.5 cm³/mol. The number of hydrogen-bond acceptors (Lipinski definition) is 6. The molecule has 0 aromatic heterocycles. The molecule has 7 heteroatoms. The molecule has 0 aromatic carbocycles. The number of carboxylic acid groups (broad SMARTS) is 1. The minimum absolute atomic E-state index is 0.120. The number of carbonyl (C=O) groups excluding carboxylic acids is 1. The van der Waals surface area contributed by atoms with Gasteiger partial charge in [-0.1, -0.05) is 13.8 Å². The van der Waals surface area contributed by atoms with E-state index in [9.17, 15) is 9.59 Å². The van der Waals surface area contributed by atoms with E-state index in [1.165, 1.54) is 0 Å². The fourth-order valence-electron chi connectivity index (χ4n) is 2.93. The van der Waals surface area contributed by atoms with Gasteiger partial charge in [0.1, 0.15) is 12.0 Å². The van der Waals surface area contributed by atoms with E-state index in [2.05, 4.69) is 5.32 Å². The number of carboxylic acids is 1. The number of nitrogens with one attached hydrogen (secondary N) is 1. The van der Waals surface area contributed by atoms with Crippen LogP contribution in [-0.2, 0) is 14.3 Å². The van der Waals surface area contributed by atoms with Gasteiger partial charge in [-0.25, -0.2) is 0 Å². The fourth-order valence-corrected chi connectivity index (χ4v) is 2.93. The van der Waals surface area contributed by atoms with Crippen LogP contribution in [0, 0.1) is 11.8 Å². The summed E-state index contributed by atoms with van der Waals surface area (Å²) in [6.07, 6.45) is 2.14. The van der Waals surface area contributed by atoms with Crippen molar-refractivity contribution in [2.45, 2.75) is 50.9 Å². The molecule has 0 spiro atoms. The monoisotopic (exact) mass is 302 g/mol. The highest BCUT2D eigenvalue weighted by Crippen LogP contribution is 2.41. The third-order valence-electron chi connectivity index (χ3n) is 4.24. The van der Waals surface area contributed by atoms with Crippen LogP contribution in [0.1, 0.15) is 33.1 Å². The van der Waals surface area contributed by atoms with Crippen LogP contribution in [-0.4, -0.2) is 53.5 Å². The van der Waals surface area contributed by atoms with Gasteiger partial charge in [0.05, 0.1) is 31.7 Å². The Labute approximate surface area is 124 Å². The number of aldehydes is 1. The maximum Gasteiger partial charge on any atom is 0.305 e. The lowest BCUT2D eigenvalue weighted by Crippen LogP contribution is -2.59. The van der Waals surface area contributed by atoms with E-state index in [1.54, 1.807) is 0 Å².